The van der Waals surface area contributed by atoms with Crippen LogP contribution in [0.5, 0.6) is 0 Å². The van der Waals surface area contributed by atoms with Crippen molar-refractivity contribution >= 4 is 38.2 Å². The third-order valence-electron chi connectivity index (χ3n) is 5.96. The van der Waals surface area contributed by atoms with Crippen molar-refractivity contribution in [2.24, 2.45) is 0 Å². The first-order valence-corrected chi connectivity index (χ1v) is 13.4. The largest absolute Gasteiger partial charge is 0.355 e. The number of nitrogens with zero attached hydrogens (tertiary/aromatic N) is 2. The number of amides is 2. The van der Waals surface area contributed by atoms with Crippen molar-refractivity contribution in [3.63, 3.8) is 0 Å². The predicted octanol–water partition coefficient (Wildman–Crippen LogP) is 3.17. The summed E-state index contributed by atoms with van der Waals surface area (Å²) in [6.45, 7) is 2.33. The fourth-order valence-electron chi connectivity index (χ4n) is 4.05. The zero-order chi connectivity index (χ0) is 25.2. The van der Waals surface area contributed by atoms with Gasteiger partial charge in [-0.25, -0.2) is 12.7 Å². The minimum Gasteiger partial charge on any atom is -0.355 e. The van der Waals surface area contributed by atoms with Crippen molar-refractivity contribution in [2.45, 2.75) is 24.4 Å². The number of rotatable bonds is 7. The number of carbonyl (C=O) groups excluding carboxylic acids is 2. The fourth-order valence-corrected chi connectivity index (χ4v) is 6.23. The number of fused-ring (bicyclic) bond motifs is 1. The van der Waals surface area contributed by atoms with Crippen molar-refractivity contribution < 1.29 is 18.0 Å². The summed E-state index contributed by atoms with van der Waals surface area (Å²) in [5.74, 6) is -0.634. The number of carbonyl (C=O) groups is 2. The van der Waals surface area contributed by atoms with E-state index in [2.05, 4.69) is 27.7 Å². The van der Waals surface area contributed by atoms with Gasteiger partial charge in [0.2, 0.25) is 10.0 Å². The van der Waals surface area contributed by atoms with Gasteiger partial charge in [-0.1, -0.05) is 30.3 Å². The summed E-state index contributed by atoms with van der Waals surface area (Å²) in [5, 5.41) is 6.08. The molecule has 10 heteroatoms. The van der Waals surface area contributed by atoms with Crippen molar-refractivity contribution in [2.75, 3.05) is 33.0 Å². The molecule has 35 heavy (non-hydrogen) atoms. The summed E-state index contributed by atoms with van der Waals surface area (Å²) in [7, 11) is 0.901. The summed E-state index contributed by atoms with van der Waals surface area (Å²) in [6, 6.07) is 16.0. The highest BCUT2D eigenvalue weighted by Crippen LogP contribution is 2.37. The van der Waals surface area contributed by atoms with Gasteiger partial charge in [0.1, 0.15) is 5.00 Å². The summed E-state index contributed by atoms with van der Waals surface area (Å²) in [6.07, 6.45) is 0.717. The highest BCUT2D eigenvalue weighted by Gasteiger charge is 2.28. The Balaban J connectivity index is 1.56. The van der Waals surface area contributed by atoms with E-state index in [-0.39, 0.29) is 10.8 Å². The van der Waals surface area contributed by atoms with Gasteiger partial charge in [-0.05, 0) is 41.8 Å². The second kappa shape index (κ2) is 10.3. The highest BCUT2D eigenvalue weighted by atomic mass is 32.2. The van der Waals surface area contributed by atoms with Gasteiger partial charge < -0.3 is 10.6 Å². The zero-order valence-electron chi connectivity index (χ0n) is 19.9. The lowest BCUT2D eigenvalue weighted by Gasteiger charge is -2.27. The lowest BCUT2D eigenvalue weighted by molar-refractivity contribution is 0.0962. The molecule has 184 valence electrons. The number of hydrogen-bond donors (Lipinski definition) is 2. The number of anilines is 1. The predicted molar refractivity (Wildman–Crippen MR) is 137 cm³/mol. The van der Waals surface area contributed by atoms with Crippen molar-refractivity contribution in [1.29, 1.82) is 0 Å². The first-order chi connectivity index (χ1) is 16.7. The maximum absolute atomic E-state index is 13.0. The molecule has 0 saturated heterocycles. The molecule has 0 unspecified atom stereocenters. The van der Waals surface area contributed by atoms with Gasteiger partial charge in [0, 0.05) is 51.2 Å². The van der Waals surface area contributed by atoms with Crippen LogP contribution in [0, 0.1) is 0 Å². The van der Waals surface area contributed by atoms with Crippen molar-refractivity contribution in [3.05, 3.63) is 81.7 Å². The monoisotopic (exact) mass is 512 g/mol. The zero-order valence-corrected chi connectivity index (χ0v) is 21.5. The average Bonchev–Trinajstić information content (AvgIpc) is 3.21. The van der Waals surface area contributed by atoms with E-state index in [1.54, 1.807) is 7.05 Å². The molecule has 2 aromatic carbocycles. The summed E-state index contributed by atoms with van der Waals surface area (Å²) in [4.78, 5) is 29.2. The maximum Gasteiger partial charge on any atom is 0.256 e. The van der Waals surface area contributed by atoms with Gasteiger partial charge in [0.05, 0.1) is 10.5 Å². The molecule has 2 N–H and O–H groups in total. The van der Waals surface area contributed by atoms with Gasteiger partial charge in [0.25, 0.3) is 11.8 Å². The highest BCUT2D eigenvalue weighted by molar-refractivity contribution is 7.89. The summed E-state index contributed by atoms with van der Waals surface area (Å²) >= 11 is 1.42. The van der Waals surface area contributed by atoms with Crippen LogP contribution in [0.25, 0.3) is 0 Å². The average molecular weight is 513 g/mol. The molecule has 0 fully saturated rings. The normalized spacial score (nSPS) is 13.9. The fraction of sp³-hybridized carbons (Fsp3) is 0.280. The number of nitrogens with one attached hydrogen (secondary N) is 2. The first kappa shape index (κ1) is 25.1. The van der Waals surface area contributed by atoms with Gasteiger partial charge >= 0.3 is 0 Å². The Bertz CT molecular complexity index is 1330. The Morgan fingerprint density at radius 2 is 1.71 bits per heavy atom. The molecular weight excluding hydrogens is 484 g/mol. The Labute approximate surface area is 209 Å². The topological polar surface area (TPSA) is 98.8 Å². The lowest BCUT2D eigenvalue weighted by Crippen LogP contribution is -2.30. The maximum atomic E-state index is 13.0. The van der Waals surface area contributed by atoms with Crippen LogP contribution in [0.15, 0.2) is 59.5 Å². The molecule has 3 aromatic rings. The molecule has 1 aliphatic rings. The van der Waals surface area contributed by atoms with Gasteiger partial charge in [-0.3, -0.25) is 14.5 Å². The second-order valence-electron chi connectivity index (χ2n) is 8.50. The van der Waals surface area contributed by atoms with Crippen LogP contribution in [-0.4, -0.2) is 57.1 Å². The van der Waals surface area contributed by atoms with E-state index < -0.39 is 15.9 Å². The number of benzene rings is 2. The number of hydrogen-bond acceptors (Lipinski definition) is 6. The van der Waals surface area contributed by atoms with E-state index in [9.17, 15) is 18.0 Å². The number of thiophene rings is 1. The molecule has 0 atom stereocenters. The van der Waals surface area contributed by atoms with Crippen molar-refractivity contribution in [1.82, 2.24) is 14.5 Å². The van der Waals surface area contributed by atoms with Gasteiger partial charge in [0.15, 0.2) is 0 Å². The molecule has 0 spiro atoms. The number of sulfonamides is 1. The smallest absolute Gasteiger partial charge is 0.256 e. The second-order valence-corrected chi connectivity index (χ2v) is 11.8. The first-order valence-electron chi connectivity index (χ1n) is 11.2. The Kier molecular flexibility index (Phi) is 7.36. The molecule has 0 saturated carbocycles. The molecule has 4 rings (SSSR count). The van der Waals surface area contributed by atoms with E-state index in [1.165, 1.54) is 55.3 Å². The molecule has 0 aliphatic carbocycles. The van der Waals surface area contributed by atoms with Crippen LogP contribution in [0.2, 0.25) is 0 Å². The van der Waals surface area contributed by atoms with Crippen LogP contribution in [-0.2, 0) is 29.5 Å². The van der Waals surface area contributed by atoms with E-state index >= 15 is 0 Å². The lowest BCUT2D eigenvalue weighted by atomic mass is 10.0. The molecule has 8 nitrogen and oxygen atoms in total. The minimum absolute atomic E-state index is 0.107. The van der Waals surface area contributed by atoms with Crippen LogP contribution in [0.4, 0.5) is 5.00 Å². The third-order valence-corrected chi connectivity index (χ3v) is 8.92. The molecule has 0 radical (unpaired) electrons. The third kappa shape index (κ3) is 5.30. The van der Waals surface area contributed by atoms with E-state index in [1.807, 2.05) is 18.2 Å². The van der Waals surface area contributed by atoms with E-state index in [0.717, 1.165) is 27.8 Å². The minimum atomic E-state index is -3.58. The van der Waals surface area contributed by atoms with Crippen molar-refractivity contribution in [3.8, 4) is 0 Å². The van der Waals surface area contributed by atoms with Gasteiger partial charge in [-0.15, -0.1) is 11.3 Å². The SMILES string of the molecule is CNC(=O)c1c(NC(=O)c2ccc(S(=O)(=O)N(C)C)cc2)sc2c1CCN(Cc1ccccc1)C2. The van der Waals surface area contributed by atoms with Gasteiger partial charge in [-0.2, -0.15) is 0 Å². The molecule has 0 bridgehead atoms. The Hall–Kier alpha value is -3.05. The molecule has 1 aliphatic heterocycles. The Morgan fingerprint density at radius 1 is 1.03 bits per heavy atom. The standard InChI is InChI=1S/C25H28N4O4S2/c1-26-24(31)22-20-13-14-29(15-17-7-5-4-6-8-17)16-21(20)34-25(22)27-23(30)18-9-11-19(12-10-18)35(32,33)28(2)3/h4-12H,13-16H2,1-3H3,(H,26,31)(H,27,30). The van der Waals surface area contributed by atoms with Crippen LogP contribution < -0.4 is 10.6 Å². The van der Waals surface area contributed by atoms with Crippen LogP contribution >= 0.6 is 11.3 Å². The molecule has 2 heterocycles. The molecular formula is C25H28N4O4S2. The summed E-state index contributed by atoms with van der Waals surface area (Å²) in [5.41, 5.74) is 3.02. The molecule has 1 aromatic heterocycles. The quantitative estimate of drug-likeness (QED) is 0.507. The molecule has 2 amide bonds. The van der Waals surface area contributed by atoms with Crippen LogP contribution in [0.3, 0.4) is 0 Å². The van der Waals surface area contributed by atoms with E-state index in [4.69, 9.17) is 0 Å². The van der Waals surface area contributed by atoms with Crippen LogP contribution in [0.1, 0.15) is 36.7 Å². The van der Waals surface area contributed by atoms with E-state index in [0.29, 0.717) is 29.1 Å². The summed E-state index contributed by atoms with van der Waals surface area (Å²) < 4.78 is 25.7. The Morgan fingerprint density at radius 3 is 2.34 bits per heavy atom.